The molecule has 3 saturated heterocycles. The van der Waals surface area contributed by atoms with Gasteiger partial charge < -0.3 is 19.6 Å². The first-order chi connectivity index (χ1) is 19.0. The Labute approximate surface area is 250 Å². The molecule has 1 spiro atoms. The van der Waals surface area contributed by atoms with Crippen molar-refractivity contribution in [2.24, 2.45) is 17.8 Å². The van der Waals surface area contributed by atoms with E-state index in [-0.39, 0.29) is 47.6 Å². The van der Waals surface area contributed by atoms with Crippen LogP contribution in [-0.4, -0.2) is 74.5 Å². The van der Waals surface area contributed by atoms with Crippen LogP contribution >= 0.6 is 27.7 Å². The van der Waals surface area contributed by atoms with Crippen LogP contribution in [0.15, 0.2) is 43.5 Å². The topological polar surface area (TPSA) is 87.1 Å². The van der Waals surface area contributed by atoms with Crippen LogP contribution in [0.2, 0.25) is 0 Å². The van der Waals surface area contributed by atoms with Gasteiger partial charge in [0.1, 0.15) is 6.04 Å². The molecular weight excluding hydrogens is 592 g/mol. The van der Waals surface area contributed by atoms with Crippen LogP contribution in [0.5, 0.6) is 0 Å². The highest BCUT2D eigenvalue weighted by Gasteiger charge is 2.76. The highest BCUT2D eigenvalue weighted by atomic mass is 79.9. The van der Waals surface area contributed by atoms with Gasteiger partial charge in [0.2, 0.25) is 5.91 Å². The number of esters is 1. The zero-order chi connectivity index (χ0) is 29.4. The molecule has 1 N–H and O–H groups in total. The van der Waals surface area contributed by atoms with E-state index >= 15 is 0 Å². The van der Waals surface area contributed by atoms with E-state index in [2.05, 4.69) is 29.1 Å². The van der Waals surface area contributed by atoms with E-state index in [4.69, 9.17) is 4.74 Å². The molecule has 40 heavy (non-hydrogen) atoms. The lowest BCUT2D eigenvalue weighted by atomic mass is 9.71. The number of aryl methyl sites for hydroxylation is 2. The number of amides is 2. The molecule has 3 unspecified atom stereocenters. The number of rotatable bonds is 12. The van der Waals surface area contributed by atoms with Crippen LogP contribution in [0, 0.1) is 31.6 Å². The molecule has 1 aromatic carbocycles. The molecule has 0 aliphatic carbocycles. The summed E-state index contributed by atoms with van der Waals surface area (Å²) in [6.07, 6.45) is 5.02. The normalized spacial score (nSPS) is 29.4. The van der Waals surface area contributed by atoms with Crippen molar-refractivity contribution in [1.82, 2.24) is 4.90 Å². The lowest BCUT2D eigenvalue weighted by molar-refractivity contribution is -0.154. The summed E-state index contributed by atoms with van der Waals surface area (Å²) in [6, 6.07) is 4.51. The van der Waals surface area contributed by atoms with E-state index in [9.17, 15) is 19.5 Å². The number of aliphatic hydroxyl groups excluding tert-OH is 1. The second kappa shape index (κ2) is 12.4. The molecule has 7 nitrogen and oxygen atoms in total. The minimum absolute atomic E-state index is 0.0560. The predicted octanol–water partition coefficient (Wildman–Crippen LogP) is 4.81. The van der Waals surface area contributed by atoms with Crippen molar-refractivity contribution >= 4 is 51.2 Å². The first-order valence-electron chi connectivity index (χ1n) is 14.0. The molecule has 3 aliphatic heterocycles. The molecule has 1 aromatic rings. The van der Waals surface area contributed by atoms with Gasteiger partial charge in [-0.15, -0.1) is 24.9 Å². The number of hydrogen-bond acceptors (Lipinski definition) is 6. The summed E-state index contributed by atoms with van der Waals surface area (Å²) in [5.74, 6) is -2.03. The smallest absolute Gasteiger partial charge is 0.310 e. The van der Waals surface area contributed by atoms with Gasteiger partial charge in [0.15, 0.2) is 0 Å². The van der Waals surface area contributed by atoms with Gasteiger partial charge in [-0.25, -0.2) is 0 Å². The third-order valence-electron chi connectivity index (χ3n) is 8.43. The molecular formula is C31H41BrN2O5S. The maximum atomic E-state index is 14.9. The van der Waals surface area contributed by atoms with Crippen LogP contribution in [0.3, 0.4) is 0 Å². The van der Waals surface area contributed by atoms with Crippen molar-refractivity contribution in [2.75, 3.05) is 24.7 Å². The van der Waals surface area contributed by atoms with Crippen LogP contribution in [0.25, 0.3) is 0 Å². The van der Waals surface area contributed by atoms with Crippen molar-refractivity contribution in [3.63, 3.8) is 0 Å². The zero-order valence-corrected chi connectivity index (χ0v) is 26.2. The highest BCUT2D eigenvalue weighted by molar-refractivity contribution is 9.09. The molecule has 218 valence electrons. The Morgan fingerprint density at radius 1 is 1.27 bits per heavy atom. The number of carbonyl (C=O) groups excluding carboxylic acids is 3. The van der Waals surface area contributed by atoms with E-state index in [1.807, 2.05) is 45.9 Å². The number of likely N-dealkylation sites (tertiary alicyclic amines) is 1. The molecule has 7 atom stereocenters. The summed E-state index contributed by atoms with van der Waals surface area (Å²) < 4.78 is 4.79. The molecule has 9 heteroatoms. The first kappa shape index (κ1) is 30.8. The molecule has 3 fully saturated rings. The number of aliphatic hydroxyl groups is 1. The number of carbonyl (C=O) groups is 3. The number of para-hydroxylation sites is 1. The minimum atomic E-state index is -0.846. The summed E-state index contributed by atoms with van der Waals surface area (Å²) >= 11 is 5.38. The third-order valence-corrected chi connectivity index (χ3v) is 11.7. The van der Waals surface area contributed by atoms with Crippen molar-refractivity contribution in [2.45, 2.75) is 73.9 Å². The Morgan fingerprint density at radius 3 is 2.52 bits per heavy atom. The molecule has 0 saturated carbocycles. The number of hydrogen-bond donors (Lipinski definition) is 1. The van der Waals surface area contributed by atoms with Gasteiger partial charge in [-0.1, -0.05) is 60.1 Å². The lowest BCUT2D eigenvalue weighted by Gasteiger charge is -2.40. The first-order valence-corrected chi connectivity index (χ1v) is 15.8. The maximum absolute atomic E-state index is 14.9. The second-order valence-electron chi connectivity index (χ2n) is 11.6. The monoisotopic (exact) mass is 632 g/mol. The molecule has 4 rings (SSSR count). The van der Waals surface area contributed by atoms with Crippen molar-refractivity contribution in [3.8, 4) is 0 Å². The number of thioether (sulfide) groups is 1. The summed E-state index contributed by atoms with van der Waals surface area (Å²) in [5.41, 5.74) is 2.70. The Hall–Kier alpha value is -2.10. The van der Waals surface area contributed by atoms with Crippen molar-refractivity contribution in [1.29, 1.82) is 0 Å². The number of alkyl halides is 1. The van der Waals surface area contributed by atoms with Crippen LogP contribution in [-0.2, 0) is 19.1 Å². The third kappa shape index (κ3) is 5.18. The maximum Gasteiger partial charge on any atom is 0.310 e. The fourth-order valence-electron chi connectivity index (χ4n) is 6.97. The molecule has 0 radical (unpaired) electrons. The standard InChI is InChI=1S/C31H41BrN2O5S/c1-7-9-14-39-30(38)23-24-28(36)34(21(17-35)15-18(3)4)27(31(24)16-22(32)26(23)40-31)29(37)33(13-8-2)25-19(5)11-10-12-20(25)6/h7-8,10-12,18,21-24,26-27,35H,1-2,9,13-17H2,3-6H3/t21-,22?,23+,24+,26+,27?,31?/m1/s1. The number of halogens is 1. The van der Waals surface area contributed by atoms with Crippen LogP contribution < -0.4 is 4.90 Å². The summed E-state index contributed by atoms with van der Waals surface area (Å²) in [5, 5.41) is 10.4. The highest BCUT2D eigenvalue weighted by Crippen LogP contribution is 2.68. The molecule has 3 aliphatic rings. The Morgan fingerprint density at radius 2 is 1.95 bits per heavy atom. The van der Waals surface area contributed by atoms with Crippen molar-refractivity contribution < 1.29 is 24.2 Å². The average Bonchev–Trinajstić information content (AvgIpc) is 3.49. The number of ether oxygens (including phenoxy) is 1. The SMILES string of the molecule is C=CCCOC(=O)[C@H]1[C@H]2C(=O)N([C@@H](CO)CC(C)C)C(C(=O)N(CC=C)c3c(C)cccc3C)C23CC(Br)[C@@H]1S3. The number of fused-ring (bicyclic) bond motifs is 1. The van der Waals surface area contributed by atoms with E-state index in [1.165, 1.54) is 0 Å². The average molecular weight is 634 g/mol. The predicted molar refractivity (Wildman–Crippen MR) is 164 cm³/mol. The zero-order valence-electron chi connectivity index (χ0n) is 23.8. The van der Waals surface area contributed by atoms with Crippen LogP contribution in [0.1, 0.15) is 44.2 Å². The summed E-state index contributed by atoms with van der Waals surface area (Å²) in [7, 11) is 0. The molecule has 2 amide bonds. The van der Waals surface area contributed by atoms with Gasteiger partial charge >= 0.3 is 5.97 Å². The van der Waals surface area contributed by atoms with Gasteiger partial charge in [-0.3, -0.25) is 14.4 Å². The van der Waals surface area contributed by atoms with Gasteiger partial charge in [-0.05, 0) is 50.2 Å². The Kier molecular flexibility index (Phi) is 9.57. The molecule has 2 bridgehead atoms. The Balaban J connectivity index is 1.85. The number of nitrogens with zero attached hydrogens (tertiary/aromatic N) is 2. The summed E-state index contributed by atoms with van der Waals surface area (Å²) in [4.78, 5) is 46.1. The fraction of sp³-hybridized carbons (Fsp3) is 0.581. The second-order valence-corrected chi connectivity index (χ2v) is 14.3. The molecule has 0 aromatic heterocycles. The Bertz CT molecular complexity index is 1150. The number of benzene rings is 1. The molecule has 3 heterocycles. The quantitative estimate of drug-likeness (QED) is 0.154. The van der Waals surface area contributed by atoms with E-state index in [0.717, 1.165) is 16.8 Å². The van der Waals surface area contributed by atoms with E-state index < -0.39 is 34.6 Å². The van der Waals surface area contributed by atoms with Gasteiger partial charge in [0, 0.05) is 22.3 Å². The van der Waals surface area contributed by atoms with Gasteiger partial charge in [0.05, 0.1) is 35.8 Å². The van der Waals surface area contributed by atoms with Crippen LogP contribution in [0.4, 0.5) is 5.69 Å². The fourth-order valence-corrected chi connectivity index (χ4v) is 10.5. The minimum Gasteiger partial charge on any atom is -0.465 e. The van der Waals surface area contributed by atoms with E-state index in [0.29, 0.717) is 19.3 Å². The summed E-state index contributed by atoms with van der Waals surface area (Å²) in [6.45, 7) is 15.8. The van der Waals surface area contributed by atoms with E-state index in [1.54, 1.807) is 33.7 Å². The van der Waals surface area contributed by atoms with Gasteiger partial charge in [0.25, 0.3) is 5.91 Å². The number of anilines is 1. The lowest BCUT2D eigenvalue weighted by Crippen LogP contribution is -2.58. The van der Waals surface area contributed by atoms with Crippen molar-refractivity contribution in [3.05, 3.63) is 54.6 Å². The van der Waals surface area contributed by atoms with Gasteiger partial charge in [-0.2, -0.15) is 0 Å². The largest absolute Gasteiger partial charge is 0.465 e.